The molecular formula is C66H68F2N6O6S. The summed E-state index contributed by atoms with van der Waals surface area (Å²) in [6, 6.07) is 42.3. The fourth-order valence-electron chi connectivity index (χ4n) is 12.3. The molecule has 0 saturated carbocycles. The van der Waals surface area contributed by atoms with Crippen molar-refractivity contribution in [2.45, 2.75) is 74.4 Å². The van der Waals surface area contributed by atoms with Crippen LogP contribution in [0.3, 0.4) is 0 Å². The number of fused-ring (bicyclic) bond motifs is 7. The van der Waals surface area contributed by atoms with E-state index in [0.717, 1.165) is 127 Å². The lowest BCUT2D eigenvalue weighted by atomic mass is 9.74. The van der Waals surface area contributed by atoms with Crippen LogP contribution in [-0.4, -0.2) is 91.5 Å². The monoisotopic (exact) mass is 1110 g/mol. The molecule has 0 radical (unpaired) electrons. The van der Waals surface area contributed by atoms with E-state index in [1.54, 1.807) is 22.3 Å². The highest BCUT2D eigenvalue weighted by Crippen LogP contribution is 2.49. The Labute approximate surface area is 475 Å². The Balaban J connectivity index is 0.000000128. The lowest BCUT2D eigenvalue weighted by Crippen LogP contribution is -2.45. The predicted molar refractivity (Wildman–Crippen MR) is 314 cm³/mol. The quantitative estimate of drug-likeness (QED) is 0.126. The molecule has 13 rings (SSSR count). The molecule has 418 valence electrons. The number of halogens is 2. The van der Waals surface area contributed by atoms with Crippen molar-refractivity contribution >= 4 is 51.3 Å². The number of benzene rings is 6. The molecule has 12 nitrogen and oxygen atoms in total. The van der Waals surface area contributed by atoms with Crippen molar-refractivity contribution in [1.29, 1.82) is 0 Å². The maximum atomic E-state index is 13.3. The van der Waals surface area contributed by atoms with Crippen molar-refractivity contribution in [3.05, 3.63) is 207 Å². The number of amides is 3. The number of thiophene rings is 1. The molecule has 7 heterocycles. The van der Waals surface area contributed by atoms with Gasteiger partial charge in [0.15, 0.2) is 11.6 Å². The lowest BCUT2D eigenvalue weighted by molar-refractivity contribution is -0.128. The molecule has 6 aromatic carbocycles. The summed E-state index contributed by atoms with van der Waals surface area (Å²) in [6.45, 7) is 7.91. The minimum atomic E-state index is -0.925. The summed E-state index contributed by atoms with van der Waals surface area (Å²) in [4.78, 5) is 44.6. The topological polar surface area (TPSA) is 167 Å². The normalized spacial score (nSPS) is 17.9. The van der Waals surface area contributed by atoms with Crippen molar-refractivity contribution in [2.75, 3.05) is 59.1 Å². The smallest absolute Gasteiger partial charge is 0.263 e. The molecule has 3 amide bonds. The SMILES string of the molecule is NCc1ccc2c(c1)C1(CCN(C(=O)/C=C/c3ccc(F)c(F)c3)CC1)CO2.NCc1ccc2c(c1)C1(CCN(C(=O)/C=C/c3ccccc3)CC1)CO2.NCc1ccc2c(c1)C1(CCN(C(=O)c3cc4ccccc4s3)CC1)CO2. The van der Waals surface area contributed by atoms with Crippen molar-refractivity contribution in [3.63, 3.8) is 0 Å². The molecule has 3 fully saturated rings. The second kappa shape index (κ2) is 23.8. The Kier molecular flexibility index (Phi) is 16.2. The standard InChI is InChI=1S/C22H22F2N2O2.C22H22N2O2S.C22H24N2O2/c23-18-4-1-15(12-19(18)24)3-6-21(27)26-9-7-22(8-10-26)14-28-20-5-2-16(13-25)11-17(20)22;23-13-15-5-6-18-17(11-15)22(14-26-18)7-9-24(10-8-22)21(25)20-12-16-3-1-2-4-19(16)27-20;23-15-18-6-8-20-19(14-18)22(16-26-20)10-12-24(13-11-22)21(25)9-7-17-4-2-1-3-5-17/h1-6,11-12H,7-10,13-14,25H2;1-6,11-12H,7-10,13-14,23H2;1-9,14H,10-13,15-16,23H2/b6-3+;;9-7+. The summed E-state index contributed by atoms with van der Waals surface area (Å²) >= 11 is 1.59. The number of rotatable bonds is 8. The Morgan fingerprint density at radius 1 is 0.481 bits per heavy atom. The molecule has 3 saturated heterocycles. The molecule has 3 spiro atoms. The highest BCUT2D eigenvalue weighted by molar-refractivity contribution is 7.20. The molecule has 1 aromatic heterocycles. The highest BCUT2D eigenvalue weighted by atomic mass is 32.1. The van der Waals surface area contributed by atoms with E-state index in [4.69, 9.17) is 31.4 Å². The molecule has 0 unspecified atom stereocenters. The van der Waals surface area contributed by atoms with Gasteiger partial charge in [-0.1, -0.05) is 91.0 Å². The Morgan fingerprint density at radius 2 is 0.914 bits per heavy atom. The Hall–Kier alpha value is -7.69. The van der Waals surface area contributed by atoms with Gasteiger partial charge in [0.25, 0.3) is 5.91 Å². The zero-order chi connectivity index (χ0) is 56.1. The van der Waals surface area contributed by atoms with E-state index in [2.05, 4.69) is 30.3 Å². The fraction of sp³-hybridized carbons (Fsp3) is 0.318. The highest BCUT2D eigenvalue weighted by Gasteiger charge is 2.46. The summed E-state index contributed by atoms with van der Waals surface area (Å²) < 4.78 is 45.2. The summed E-state index contributed by atoms with van der Waals surface area (Å²) in [6.07, 6.45) is 11.9. The van der Waals surface area contributed by atoms with Crippen molar-refractivity contribution in [3.8, 4) is 17.2 Å². The van der Waals surface area contributed by atoms with Gasteiger partial charge >= 0.3 is 0 Å². The van der Waals surface area contributed by atoms with Gasteiger partial charge in [-0.2, -0.15) is 0 Å². The Morgan fingerprint density at radius 3 is 1.36 bits per heavy atom. The second-order valence-electron chi connectivity index (χ2n) is 22.2. The number of hydrogen-bond acceptors (Lipinski definition) is 10. The third-order valence-electron chi connectivity index (χ3n) is 17.4. The van der Waals surface area contributed by atoms with Gasteiger partial charge in [0.05, 0.1) is 24.7 Å². The van der Waals surface area contributed by atoms with Gasteiger partial charge in [-0.15, -0.1) is 11.3 Å². The third-order valence-corrected chi connectivity index (χ3v) is 18.5. The van der Waals surface area contributed by atoms with E-state index >= 15 is 0 Å². The van der Waals surface area contributed by atoms with Crippen LogP contribution in [0.1, 0.15) is 92.7 Å². The second-order valence-corrected chi connectivity index (χ2v) is 23.2. The van der Waals surface area contributed by atoms with Crippen LogP contribution in [0.25, 0.3) is 22.2 Å². The molecule has 6 aliphatic rings. The maximum Gasteiger partial charge on any atom is 0.263 e. The van der Waals surface area contributed by atoms with Crippen molar-refractivity contribution < 1.29 is 37.4 Å². The number of carbonyl (C=O) groups is 3. The van der Waals surface area contributed by atoms with Gasteiger partial charge in [0, 0.05) is 109 Å². The summed E-state index contributed by atoms with van der Waals surface area (Å²) in [7, 11) is 0. The maximum absolute atomic E-state index is 13.3. The minimum Gasteiger partial charge on any atom is -0.492 e. The van der Waals surface area contributed by atoms with Crippen LogP contribution in [-0.2, 0) is 45.5 Å². The van der Waals surface area contributed by atoms with Crippen molar-refractivity contribution in [2.24, 2.45) is 17.2 Å². The molecule has 0 bridgehead atoms. The van der Waals surface area contributed by atoms with Crippen LogP contribution in [0.15, 0.2) is 146 Å². The zero-order valence-corrected chi connectivity index (χ0v) is 46.2. The number of carbonyl (C=O) groups excluding carboxylic acids is 3. The van der Waals surface area contributed by atoms with Gasteiger partial charge in [-0.3, -0.25) is 14.4 Å². The molecule has 6 aliphatic heterocycles. The van der Waals surface area contributed by atoms with Crippen molar-refractivity contribution in [1.82, 2.24) is 14.7 Å². The van der Waals surface area contributed by atoms with Crippen LogP contribution in [0.4, 0.5) is 8.78 Å². The van der Waals surface area contributed by atoms with Gasteiger partial charge < -0.3 is 46.1 Å². The molecule has 0 aliphatic carbocycles. The molecular weight excluding hydrogens is 1040 g/mol. The van der Waals surface area contributed by atoms with Crippen LogP contribution in [0.2, 0.25) is 0 Å². The average Bonchev–Trinajstić information content (AvgIpc) is 4.46. The number of nitrogens with zero attached hydrogens (tertiary/aromatic N) is 3. The van der Waals surface area contributed by atoms with Crippen LogP contribution >= 0.6 is 11.3 Å². The van der Waals surface area contributed by atoms with Crippen LogP contribution in [0.5, 0.6) is 17.2 Å². The summed E-state index contributed by atoms with van der Waals surface area (Å²) in [5.74, 6) is 1.15. The first-order chi connectivity index (χ1) is 39.4. The largest absolute Gasteiger partial charge is 0.492 e. The van der Waals surface area contributed by atoms with Crippen LogP contribution < -0.4 is 31.4 Å². The fourth-order valence-corrected chi connectivity index (χ4v) is 13.3. The number of piperidine rings is 3. The number of ether oxygens (including phenoxy) is 3. The first-order valence-electron chi connectivity index (χ1n) is 28.0. The first-order valence-corrected chi connectivity index (χ1v) is 28.8. The number of likely N-dealkylation sites (tertiary alicyclic amines) is 3. The molecule has 6 N–H and O–H groups in total. The third kappa shape index (κ3) is 11.6. The van der Waals surface area contributed by atoms with E-state index < -0.39 is 11.6 Å². The minimum absolute atomic E-state index is 0.0253. The summed E-state index contributed by atoms with van der Waals surface area (Å²) in [5, 5.41) is 1.15. The van der Waals surface area contributed by atoms with E-state index in [-0.39, 0.29) is 34.0 Å². The van der Waals surface area contributed by atoms with Gasteiger partial charge in [0.1, 0.15) is 17.2 Å². The number of hydrogen-bond donors (Lipinski definition) is 3. The van der Waals surface area contributed by atoms with E-state index in [9.17, 15) is 23.2 Å². The number of nitrogens with two attached hydrogens (primary N) is 3. The molecule has 7 aromatic rings. The first kappa shape index (κ1) is 55.2. The van der Waals surface area contributed by atoms with E-state index in [1.165, 1.54) is 39.6 Å². The van der Waals surface area contributed by atoms with Gasteiger partial charge in [-0.25, -0.2) is 8.78 Å². The van der Waals surface area contributed by atoms with Crippen LogP contribution in [0, 0.1) is 11.6 Å². The zero-order valence-electron chi connectivity index (χ0n) is 45.4. The predicted octanol–water partition coefficient (Wildman–Crippen LogP) is 10.4. The lowest BCUT2D eigenvalue weighted by Gasteiger charge is -2.38. The van der Waals surface area contributed by atoms with Gasteiger partial charge in [0.2, 0.25) is 11.8 Å². The van der Waals surface area contributed by atoms with E-state index in [0.29, 0.717) is 58.1 Å². The summed E-state index contributed by atoms with van der Waals surface area (Å²) in [5.41, 5.74) is 26.0. The molecule has 15 heteroatoms. The van der Waals surface area contributed by atoms with E-state index in [1.807, 2.05) is 101 Å². The Bertz CT molecular complexity index is 3470. The molecule has 81 heavy (non-hydrogen) atoms. The molecule has 0 atom stereocenters. The average molecular weight is 1110 g/mol. The van der Waals surface area contributed by atoms with Gasteiger partial charge in [-0.05, 0) is 126 Å².